The Morgan fingerprint density at radius 1 is 1.30 bits per heavy atom. The topological polar surface area (TPSA) is 127 Å². The van der Waals surface area contributed by atoms with Crippen LogP contribution >= 0.6 is 0 Å². The second-order valence-corrected chi connectivity index (χ2v) is 7.38. The Labute approximate surface area is 159 Å². The number of likely N-dealkylation sites (tertiary alicyclic amines) is 1. The fraction of sp³-hybridized carbons (Fsp3) is 0.550. The van der Waals surface area contributed by atoms with E-state index in [2.05, 4.69) is 0 Å². The molecule has 1 heterocycles. The van der Waals surface area contributed by atoms with Gasteiger partial charge in [0.05, 0.1) is 6.04 Å². The summed E-state index contributed by atoms with van der Waals surface area (Å²) in [5.41, 5.74) is 8.73. The molecule has 7 nitrogen and oxygen atoms in total. The van der Waals surface area contributed by atoms with Crippen molar-refractivity contribution in [2.24, 2.45) is 16.9 Å². The van der Waals surface area contributed by atoms with Crippen LogP contribution in [0.1, 0.15) is 45.1 Å². The Morgan fingerprint density at radius 3 is 2.48 bits per heavy atom. The summed E-state index contributed by atoms with van der Waals surface area (Å²) in [6, 6.07) is 8.81. The van der Waals surface area contributed by atoms with Crippen molar-refractivity contribution in [2.75, 3.05) is 6.54 Å². The molecule has 148 valence electrons. The minimum atomic E-state index is -2.20. The molecular formula is C20H29N3O4. The van der Waals surface area contributed by atoms with E-state index in [4.69, 9.17) is 11.5 Å². The number of aryl methyl sites for hydroxylation is 1. The molecule has 0 aliphatic carbocycles. The van der Waals surface area contributed by atoms with E-state index in [9.17, 15) is 19.5 Å². The van der Waals surface area contributed by atoms with E-state index in [-0.39, 0.29) is 31.7 Å². The number of Topliss-reactive ketones (excluding diaryl/α,β-unsaturated/α-hetero) is 1. The monoisotopic (exact) mass is 375 g/mol. The maximum Gasteiger partial charge on any atom is 0.231 e. The van der Waals surface area contributed by atoms with Gasteiger partial charge in [-0.25, -0.2) is 0 Å². The molecule has 2 amide bonds. The van der Waals surface area contributed by atoms with Gasteiger partial charge in [-0.3, -0.25) is 14.4 Å². The molecule has 0 aromatic heterocycles. The van der Waals surface area contributed by atoms with E-state index >= 15 is 0 Å². The fourth-order valence-corrected chi connectivity index (χ4v) is 3.52. The highest BCUT2D eigenvalue weighted by Gasteiger charge is 2.59. The van der Waals surface area contributed by atoms with Crippen LogP contribution in [0.3, 0.4) is 0 Å². The van der Waals surface area contributed by atoms with Crippen molar-refractivity contribution < 1.29 is 19.5 Å². The van der Waals surface area contributed by atoms with E-state index in [0.717, 1.165) is 10.5 Å². The van der Waals surface area contributed by atoms with Gasteiger partial charge < -0.3 is 21.5 Å². The molecule has 1 unspecified atom stereocenters. The molecule has 1 aliphatic rings. The van der Waals surface area contributed by atoms with Gasteiger partial charge in [-0.05, 0) is 38.2 Å². The van der Waals surface area contributed by atoms with Gasteiger partial charge in [0.1, 0.15) is 5.41 Å². The zero-order chi connectivity index (χ0) is 20.2. The standard InChI is InChI=1S/C20H29N3O4/c1-3-19(2,18(22)26)17(25)20(27)15(21)12-13-23(20)16(24)11-7-10-14-8-5-4-6-9-14/h4-6,8-9,15,27H,3,7,10-13,21H2,1-2H3,(H2,22,26)/t15?,19-,20+/m0/s1. The number of rotatable bonds is 8. The number of amides is 2. The summed E-state index contributed by atoms with van der Waals surface area (Å²) in [5, 5.41) is 11.1. The van der Waals surface area contributed by atoms with E-state index < -0.39 is 28.9 Å². The van der Waals surface area contributed by atoms with Crippen molar-refractivity contribution in [3.8, 4) is 0 Å². The van der Waals surface area contributed by atoms with Gasteiger partial charge in [-0.1, -0.05) is 37.3 Å². The van der Waals surface area contributed by atoms with Crippen LogP contribution in [0, 0.1) is 5.41 Å². The third kappa shape index (κ3) is 3.89. The second-order valence-electron chi connectivity index (χ2n) is 7.38. The van der Waals surface area contributed by atoms with E-state index in [1.165, 1.54) is 6.92 Å². The molecule has 1 aromatic carbocycles. The van der Waals surface area contributed by atoms with Crippen LogP contribution in [0.15, 0.2) is 30.3 Å². The lowest BCUT2D eigenvalue weighted by Crippen LogP contribution is -2.66. The summed E-state index contributed by atoms with van der Waals surface area (Å²) in [5.74, 6) is -1.98. The molecule has 7 heteroatoms. The normalized spacial score (nSPS) is 24.4. The molecule has 0 saturated carbocycles. The number of benzene rings is 1. The lowest BCUT2D eigenvalue weighted by Gasteiger charge is -2.39. The smallest absolute Gasteiger partial charge is 0.231 e. The molecule has 0 spiro atoms. The molecule has 1 saturated heterocycles. The molecule has 0 bridgehead atoms. The average Bonchev–Trinajstić information content (AvgIpc) is 2.97. The lowest BCUT2D eigenvalue weighted by atomic mass is 9.75. The third-order valence-electron chi connectivity index (χ3n) is 5.68. The Morgan fingerprint density at radius 2 is 1.93 bits per heavy atom. The fourth-order valence-electron chi connectivity index (χ4n) is 3.52. The van der Waals surface area contributed by atoms with E-state index in [0.29, 0.717) is 12.8 Å². The first-order chi connectivity index (χ1) is 12.7. The number of hydrogen-bond acceptors (Lipinski definition) is 5. The minimum absolute atomic E-state index is 0.117. The summed E-state index contributed by atoms with van der Waals surface area (Å²) in [4.78, 5) is 38.8. The van der Waals surface area contributed by atoms with Gasteiger partial charge >= 0.3 is 0 Å². The lowest BCUT2D eigenvalue weighted by molar-refractivity contribution is -0.177. The van der Waals surface area contributed by atoms with Crippen LogP contribution in [-0.4, -0.2) is 45.9 Å². The van der Waals surface area contributed by atoms with Crippen molar-refractivity contribution in [2.45, 2.75) is 57.7 Å². The highest BCUT2D eigenvalue weighted by atomic mass is 16.3. The summed E-state index contributed by atoms with van der Waals surface area (Å²) in [6.45, 7) is 3.20. The predicted molar refractivity (Wildman–Crippen MR) is 101 cm³/mol. The molecule has 27 heavy (non-hydrogen) atoms. The maximum atomic E-state index is 13.1. The van der Waals surface area contributed by atoms with Crippen molar-refractivity contribution in [3.63, 3.8) is 0 Å². The first-order valence-corrected chi connectivity index (χ1v) is 9.35. The Balaban J connectivity index is 2.14. The first kappa shape index (κ1) is 21.1. The average molecular weight is 375 g/mol. The number of primary amides is 1. The van der Waals surface area contributed by atoms with Crippen LogP contribution in [-0.2, 0) is 20.8 Å². The largest absolute Gasteiger partial charge is 0.369 e. The van der Waals surface area contributed by atoms with Gasteiger partial charge in [0.25, 0.3) is 0 Å². The highest BCUT2D eigenvalue weighted by Crippen LogP contribution is 2.36. The molecule has 1 fully saturated rings. The number of carbonyl (C=O) groups excluding carboxylic acids is 3. The number of nitrogens with zero attached hydrogens (tertiary/aromatic N) is 1. The SMILES string of the molecule is CC[C@](C)(C(N)=O)C(=O)[C@]1(O)C(N)CCN1C(=O)CCCc1ccccc1. The van der Waals surface area contributed by atoms with E-state index in [1.807, 2.05) is 30.3 Å². The van der Waals surface area contributed by atoms with Gasteiger partial charge in [-0.15, -0.1) is 0 Å². The molecule has 2 rings (SSSR count). The number of carbonyl (C=O) groups is 3. The third-order valence-corrected chi connectivity index (χ3v) is 5.68. The number of nitrogens with two attached hydrogens (primary N) is 2. The Bertz CT molecular complexity index is 708. The maximum absolute atomic E-state index is 13.1. The van der Waals surface area contributed by atoms with Crippen LogP contribution in [0.5, 0.6) is 0 Å². The zero-order valence-corrected chi connectivity index (χ0v) is 16.0. The number of aliphatic hydroxyl groups is 1. The Kier molecular flexibility index (Phi) is 6.38. The second kappa shape index (κ2) is 8.19. The molecular weight excluding hydrogens is 346 g/mol. The molecule has 0 radical (unpaired) electrons. The quantitative estimate of drug-likeness (QED) is 0.577. The van der Waals surface area contributed by atoms with Crippen LogP contribution in [0.2, 0.25) is 0 Å². The van der Waals surface area contributed by atoms with Gasteiger partial charge in [0.2, 0.25) is 23.3 Å². The minimum Gasteiger partial charge on any atom is -0.369 e. The van der Waals surface area contributed by atoms with Crippen molar-refractivity contribution in [3.05, 3.63) is 35.9 Å². The van der Waals surface area contributed by atoms with Gasteiger partial charge in [0.15, 0.2) is 0 Å². The summed E-state index contributed by atoms with van der Waals surface area (Å²) in [6.07, 6.45) is 1.88. The van der Waals surface area contributed by atoms with Crippen molar-refractivity contribution in [1.29, 1.82) is 0 Å². The molecule has 1 aliphatic heterocycles. The summed E-state index contributed by atoms with van der Waals surface area (Å²) in [7, 11) is 0. The molecule has 1 aromatic rings. The van der Waals surface area contributed by atoms with E-state index in [1.54, 1.807) is 6.92 Å². The number of ketones is 1. The van der Waals surface area contributed by atoms with Crippen LogP contribution in [0.4, 0.5) is 0 Å². The molecule has 5 N–H and O–H groups in total. The summed E-state index contributed by atoms with van der Waals surface area (Å²) < 4.78 is 0. The van der Waals surface area contributed by atoms with Gasteiger partial charge in [0, 0.05) is 13.0 Å². The number of hydrogen-bond donors (Lipinski definition) is 3. The predicted octanol–water partition coefficient (Wildman–Crippen LogP) is 0.728. The van der Waals surface area contributed by atoms with Crippen molar-refractivity contribution >= 4 is 17.6 Å². The first-order valence-electron chi connectivity index (χ1n) is 9.35. The Hall–Kier alpha value is -2.25. The van der Waals surface area contributed by atoms with Crippen molar-refractivity contribution in [1.82, 2.24) is 4.90 Å². The zero-order valence-electron chi connectivity index (χ0n) is 16.0. The summed E-state index contributed by atoms with van der Waals surface area (Å²) >= 11 is 0. The van der Waals surface area contributed by atoms with Crippen LogP contribution in [0.25, 0.3) is 0 Å². The molecule has 3 atom stereocenters. The van der Waals surface area contributed by atoms with Crippen LogP contribution < -0.4 is 11.5 Å². The highest BCUT2D eigenvalue weighted by molar-refractivity contribution is 6.10. The van der Waals surface area contributed by atoms with Gasteiger partial charge in [-0.2, -0.15) is 0 Å².